The van der Waals surface area contributed by atoms with Crippen LogP contribution in [0.3, 0.4) is 0 Å². The highest BCUT2D eigenvalue weighted by molar-refractivity contribution is 5.81. The molecule has 0 radical (unpaired) electrons. The molecule has 1 saturated heterocycles. The highest BCUT2D eigenvalue weighted by Gasteiger charge is 2.44. The van der Waals surface area contributed by atoms with Gasteiger partial charge in [0.05, 0.1) is 31.1 Å². The van der Waals surface area contributed by atoms with Crippen molar-refractivity contribution in [2.75, 3.05) is 13.2 Å². The fourth-order valence-electron chi connectivity index (χ4n) is 6.42. The maximum absolute atomic E-state index is 14.0. The fraction of sp³-hybridized carbons (Fsp3) is 0.452. The van der Waals surface area contributed by atoms with E-state index in [1.807, 2.05) is 18.0 Å². The summed E-state index contributed by atoms with van der Waals surface area (Å²) >= 11 is 0. The number of carbonyl (C=O) groups is 1. The van der Waals surface area contributed by atoms with E-state index >= 15 is 0 Å². The third kappa shape index (κ3) is 6.12. The van der Waals surface area contributed by atoms with Crippen molar-refractivity contribution in [2.45, 2.75) is 75.5 Å². The van der Waals surface area contributed by atoms with Crippen molar-refractivity contribution < 1.29 is 28.5 Å². The molecule has 1 aliphatic carbocycles. The molecule has 2 aliphatic rings. The Labute approximate surface area is 253 Å². The van der Waals surface area contributed by atoms with Crippen molar-refractivity contribution >= 4 is 5.91 Å². The van der Waals surface area contributed by atoms with Gasteiger partial charge in [-0.15, -0.1) is 10.2 Å². The number of aliphatic hydroxyl groups is 2. The summed E-state index contributed by atoms with van der Waals surface area (Å²) < 4.78 is 36.7. The first-order valence-corrected chi connectivity index (χ1v) is 14.9. The smallest absolute Gasteiger partial charge is 0.252 e. The van der Waals surface area contributed by atoms with Gasteiger partial charge in [0, 0.05) is 30.1 Å². The minimum absolute atomic E-state index is 0.00818. The normalized spacial score (nSPS) is 25.6. The summed E-state index contributed by atoms with van der Waals surface area (Å²) in [5, 5.41) is 37.9. The quantitative estimate of drug-likeness (QED) is 0.311. The number of hydrogen-bond acceptors (Lipinski definition) is 8. The summed E-state index contributed by atoms with van der Waals surface area (Å²) in [6.45, 7) is 1.89. The van der Waals surface area contributed by atoms with E-state index in [1.165, 1.54) is 28.9 Å². The number of hydrogen-bond donors (Lipinski definition) is 2. The molecular weight excluding hydrogens is 572 g/mol. The van der Waals surface area contributed by atoms with E-state index in [9.17, 15) is 23.8 Å². The summed E-state index contributed by atoms with van der Waals surface area (Å²) in [5.41, 5.74) is 2.18. The standard InChI is InChI=1S/C31H35F2N7O4/c1-2-38(23-10-5-11-24(14-23)39-16-25(34-36-39)19-6-3-8-21(32)12-19)31(43)28-15-27(30(42)29(18-41)44-28)40-17-26(35-37-40)20-7-4-9-22(33)13-20/h3-4,6-9,12-13,16-17,23-24,27-30,41-42H,2,5,10-11,14-15,18H2,1H3. The molecule has 4 aromatic rings. The summed E-state index contributed by atoms with van der Waals surface area (Å²) in [4.78, 5) is 15.8. The van der Waals surface area contributed by atoms with Gasteiger partial charge in [-0.1, -0.05) is 34.7 Å². The second kappa shape index (κ2) is 12.9. The Hall–Kier alpha value is -4.07. The lowest BCUT2D eigenvalue weighted by atomic mass is 9.89. The van der Waals surface area contributed by atoms with Crippen LogP contribution in [-0.2, 0) is 9.53 Å². The van der Waals surface area contributed by atoms with E-state index in [1.54, 1.807) is 35.1 Å². The van der Waals surface area contributed by atoms with Gasteiger partial charge in [-0.3, -0.25) is 4.79 Å². The molecule has 3 heterocycles. The van der Waals surface area contributed by atoms with E-state index in [-0.39, 0.29) is 30.2 Å². The Kier molecular flexibility index (Phi) is 8.78. The van der Waals surface area contributed by atoms with Crippen LogP contribution in [0.5, 0.6) is 0 Å². The average molecular weight is 608 g/mol. The first-order chi connectivity index (χ1) is 21.3. The van der Waals surface area contributed by atoms with Crippen molar-refractivity contribution in [1.29, 1.82) is 0 Å². The molecule has 2 aromatic carbocycles. The molecule has 0 bridgehead atoms. The van der Waals surface area contributed by atoms with E-state index < -0.39 is 36.8 Å². The fourth-order valence-corrected chi connectivity index (χ4v) is 6.42. The first kappa shape index (κ1) is 30.0. The molecular formula is C31H35F2N7O4. The lowest BCUT2D eigenvalue weighted by molar-refractivity contribution is -0.180. The zero-order chi connectivity index (χ0) is 30.8. The van der Waals surface area contributed by atoms with Crippen LogP contribution >= 0.6 is 0 Å². The number of rotatable bonds is 8. The molecule has 11 nitrogen and oxygen atoms in total. The van der Waals surface area contributed by atoms with Crippen LogP contribution in [0.4, 0.5) is 8.78 Å². The third-order valence-corrected chi connectivity index (χ3v) is 8.68. The van der Waals surface area contributed by atoms with Crippen molar-refractivity contribution in [3.8, 4) is 22.5 Å². The van der Waals surface area contributed by atoms with Crippen LogP contribution in [0.1, 0.15) is 51.1 Å². The lowest BCUT2D eigenvalue weighted by Gasteiger charge is -2.42. The maximum atomic E-state index is 14.0. The Morgan fingerprint density at radius 2 is 1.61 bits per heavy atom. The monoisotopic (exact) mass is 607 g/mol. The molecule has 1 aliphatic heterocycles. The molecule has 2 N–H and O–H groups in total. The van der Waals surface area contributed by atoms with E-state index in [2.05, 4.69) is 20.6 Å². The topological polar surface area (TPSA) is 131 Å². The zero-order valence-electron chi connectivity index (χ0n) is 24.3. The van der Waals surface area contributed by atoms with Gasteiger partial charge in [-0.05, 0) is 56.9 Å². The SMILES string of the molecule is CCN(C(=O)C1CC(n2cc(-c3cccc(F)c3)nn2)C(O)C(CO)O1)C1CCCC(n2cc(-c3cccc(F)c3)nn2)C1. The van der Waals surface area contributed by atoms with Crippen molar-refractivity contribution in [2.24, 2.45) is 0 Å². The minimum atomic E-state index is -1.14. The summed E-state index contributed by atoms with van der Waals surface area (Å²) in [6, 6.07) is 11.4. The Morgan fingerprint density at radius 3 is 2.23 bits per heavy atom. The number of amides is 1. The highest BCUT2D eigenvalue weighted by atomic mass is 19.1. The Bertz CT molecular complexity index is 1600. The number of ether oxygens (including phenoxy) is 1. The summed E-state index contributed by atoms with van der Waals surface area (Å²) in [6.07, 6.45) is 3.69. The van der Waals surface area contributed by atoms with E-state index in [0.717, 1.165) is 19.3 Å². The van der Waals surface area contributed by atoms with Crippen LogP contribution in [0, 0.1) is 11.6 Å². The molecule has 44 heavy (non-hydrogen) atoms. The van der Waals surface area contributed by atoms with Crippen molar-refractivity contribution in [3.63, 3.8) is 0 Å². The largest absolute Gasteiger partial charge is 0.394 e. The summed E-state index contributed by atoms with van der Waals surface area (Å²) in [5.74, 6) is -0.974. The average Bonchev–Trinajstić information content (AvgIpc) is 3.73. The molecule has 13 heteroatoms. The van der Waals surface area contributed by atoms with Crippen LogP contribution in [0.2, 0.25) is 0 Å². The first-order valence-electron chi connectivity index (χ1n) is 14.9. The van der Waals surface area contributed by atoms with Gasteiger partial charge in [0.1, 0.15) is 41.3 Å². The molecule has 2 aromatic heterocycles. The van der Waals surface area contributed by atoms with E-state index in [4.69, 9.17) is 4.74 Å². The summed E-state index contributed by atoms with van der Waals surface area (Å²) in [7, 11) is 0. The van der Waals surface area contributed by atoms with Gasteiger partial charge in [0.2, 0.25) is 0 Å². The van der Waals surface area contributed by atoms with Gasteiger partial charge < -0.3 is 19.8 Å². The number of benzene rings is 2. The van der Waals surface area contributed by atoms with Crippen LogP contribution < -0.4 is 0 Å². The predicted octanol–water partition coefficient (Wildman–Crippen LogP) is 3.57. The third-order valence-electron chi connectivity index (χ3n) is 8.68. The zero-order valence-corrected chi connectivity index (χ0v) is 24.3. The maximum Gasteiger partial charge on any atom is 0.252 e. The second-order valence-corrected chi connectivity index (χ2v) is 11.4. The molecule has 1 saturated carbocycles. The molecule has 6 unspecified atom stereocenters. The molecule has 232 valence electrons. The lowest BCUT2D eigenvalue weighted by Crippen LogP contribution is -2.55. The van der Waals surface area contributed by atoms with Gasteiger partial charge in [-0.25, -0.2) is 18.1 Å². The molecule has 2 fully saturated rings. The molecule has 6 atom stereocenters. The van der Waals surface area contributed by atoms with Crippen LogP contribution in [0.25, 0.3) is 22.5 Å². The molecule has 0 spiro atoms. The number of carbonyl (C=O) groups excluding carboxylic acids is 1. The number of aliphatic hydroxyl groups excluding tert-OH is 2. The van der Waals surface area contributed by atoms with E-state index in [0.29, 0.717) is 35.5 Å². The Balaban J connectivity index is 1.17. The minimum Gasteiger partial charge on any atom is -0.394 e. The van der Waals surface area contributed by atoms with Gasteiger partial charge in [-0.2, -0.15) is 0 Å². The van der Waals surface area contributed by atoms with Gasteiger partial charge >= 0.3 is 0 Å². The highest BCUT2D eigenvalue weighted by Crippen LogP contribution is 2.35. The number of likely N-dealkylation sites (N-methyl/N-ethyl adjacent to an activating group) is 1. The molecule has 1 amide bonds. The molecule has 6 rings (SSSR count). The van der Waals surface area contributed by atoms with Gasteiger partial charge in [0.15, 0.2) is 0 Å². The predicted molar refractivity (Wildman–Crippen MR) is 155 cm³/mol. The number of nitrogens with zero attached hydrogens (tertiary/aromatic N) is 7. The van der Waals surface area contributed by atoms with Crippen LogP contribution in [-0.4, -0.2) is 88.5 Å². The van der Waals surface area contributed by atoms with Crippen molar-refractivity contribution in [3.05, 3.63) is 72.6 Å². The van der Waals surface area contributed by atoms with Gasteiger partial charge in [0.25, 0.3) is 5.91 Å². The Morgan fingerprint density at radius 1 is 0.977 bits per heavy atom. The number of halogens is 2. The van der Waals surface area contributed by atoms with Crippen molar-refractivity contribution in [1.82, 2.24) is 34.9 Å². The number of aromatic nitrogens is 6. The second-order valence-electron chi connectivity index (χ2n) is 11.4. The van der Waals surface area contributed by atoms with Crippen LogP contribution in [0.15, 0.2) is 60.9 Å².